The smallest absolute Gasteiger partial charge is 0.154 e. The Morgan fingerprint density at radius 3 is 2.00 bits per heavy atom. The quantitative estimate of drug-likeness (QED) is 0.316. The van der Waals surface area contributed by atoms with Gasteiger partial charge in [0.2, 0.25) is 0 Å². The summed E-state index contributed by atoms with van der Waals surface area (Å²) in [6.07, 6.45) is -3.40. The van der Waals surface area contributed by atoms with Crippen LogP contribution in [0.1, 0.15) is 13.8 Å². The molecule has 0 spiro atoms. The largest absolute Gasteiger partial charge is 0.394 e. The van der Waals surface area contributed by atoms with E-state index in [4.69, 9.17) is 10.2 Å². The van der Waals surface area contributed by atoms with Gasteiger partial charge in [-0.25, -0.2) is 0 Å². The predicted octanol–water partition coefficient (Wildman–Crippen LogP) is -2.60. The maximum Gasteiger partial charge on any atom is 0.154 e. The Bertz CT molecular complexity index is 200. The van der Waals surface area contributed by atoms with Crippen molar-refractivity contribution in [1.29, 1.82) is 0 Å². The van der Waals surface area contributed by atoms with Gasteiger partial charge < -0.3 is 30.3 Å². The molecule has 0 saturated carbocycles. The molecule has 0 aromatic heterocycles. The van der Waals surface area contributed by atoms with E-state index in [0.717, 1.165) is 13.8 Å². The highest BCUT2D eigenvalue weighted by atomic mass is 16.4. The van der Waals surface area contributed by atoms with Crippen molar-refractivity contribution in [2.75, 3.05) is 6.61 Å². The fourth-order valence-corrected chi connectivity index (χ4v) is 0.893. The van der Waals surface area contributed by atoms with Crippen molar-refractivity contribution in [1.82, 2.24) is 0 Å². The van der Waals surface area contributed by atoms with E-state index in [-0.39, 0.29) is 6.29 Å². The fourth-order valence-electron chi connectivity index (χ4n) is 0.893. The highest BCUT2D eigenvalue weighted by Crippen LogP contribution is 2.25. The SMILES string of the molecule is C[C@](O)([C@H](O)[C@H](O)CO)[C@](C)(O)C=O. The summed E-state index contributed by atoms with van der Waals surface area (Å²) in [7, 11) is 0. The van der Waals surface area contributed by atoms with Crippen molar-refractivity contribution < 1.29 is 30.3 Å². The van der Waals surface area contributed by atoms with E-state index >= 15 is 0 Å². The van der Waals surface area contributed by atoms with Gasteiger partial charge in [-0.1, -0.05) is 0 Å². The minimum atomic E-state index is -2.24. The average molecular weight is 208 g/mol. The van der Waals surface area contributed by atoms with Crippen LogP contribution in [-0.2, 0) is 4.79 Å². The number of carbonyl (C=O) groups is 1. The summed E-state index contributed by atoms with van der Waals surface area (Å²) >= 11 is 0. The summed E-state index contributed by atoms with van der Waals surface area (Å²) in [5, 5.41) is 45.9. The molecule has 0 bridgehead atoms. The summed E-state index contributed by atoms with van der Waals surface area (Å²) in [4.78, 5) is 10.4. The molecule has 0 aliphatic carbocycles. The van der Waals surface area contributed by atoms with Crippen LogP contribution >= 0.6 is 0 Å². The number of carbonyl (C=O) groups excluding carboxylic acids is 1. The number of aldehydes is 1. The molecule has 0 aliphatic rings. The zero-order valence-electron chi connectivity index (χ0n) is 8.08. The van der Waals surface area contributed by atoms with E-state index < -0.39 is 30.0 Å². The van der Waals surface area contributed by atoms with Crippen LogP contribution < -0.4 is 0 Å². The third-order valence-electron chi connectivity index (χ3n) is 2.38. The van der Waals surface area contributed by atoms with Gasteiger partial charge in [-0.15, -0.1) is 0 Å². The molecule has 0 saturated heterocycles. The Hall–Kier alpha value is -0.530. The number of aliphatic hydroxyl groups is 5. The van der Waals surface area contributed by atoms with Crippen LogP contribution in [0.25, 0.3) is 0 Å². The lowest BCUT2D eigenvalue weighted by Gasteiger charge is -2.39. The van der Waals surface area contributed by atoms with Crippen molar-refractivity contribution in [3.05, 3.63) is 0 Å². The highest BCUT2D eigenvalue weighted by Gasteiger charge is 2.49. The minimum Gasteiger partial charge on any atom is -0.394 e. The Morgan fingerprint density at radius 1 is 1.29 bits per heavy atom. The molecule has 0 rings (SSSR count). The molecule has 84 valence electrons. The normalized spacial score (nSPS) is 24.5. The molecule has 5 N–H and O–H groups in total. The molecular formula is C8H16O6. The van der Waals surface area contributed by atoms with Crippen LogP contribution in [0.2, 0.25) is 0 Å². The Kier molecular flexibility index (Phi) is 4.16. The number of hydrogen-bond acceptors (Lipinski definition) is 6. The molecule has 0 unspecified atom stereocenters. The van der Waals surface area contributed by atoms with Gasteiger partial charge in [0, 0.05) is 0 Å². The molecule has 6 heteroatoms. The van der Waals surface area contributed by atoms with Crippen molar-refractivity contribution in [2.24, 2.45) is 0 Å². The summed E-state index contributed by atoms with van der Waals surface area (Å²) in [5.41, 5.74) is -4.44. The van der Waals surface area contributed by atoms with Gasteiger partial charge >= 0.3 is 0 Å². The fraction of sp³-hybridized carbons (Fsp3) is 0.875. The Morgan fingerprint density at radius 2 is 1.71 bits per heavy atom. The van der Waals surface area contributed by atoms with E-state index in [1.54, 1.807) is 0 Å². The van der Waals surface area contributed by atoms with Crippen molar-refractivity contribution >= 4 is 6.29 Å². The maximum atomic E-state index is 10.4. The molecule has 0 amide bonds. The van der Waals surface area contributed by atoms with Gasteiger partial charge in [-0.2, -0.15) is 0 Å². The Balaban J connectivity index is 4.85. The lowest BCUT2D eigenvalue weighted by molar-refractivity contribution is -0.204. The Labute approximate surface area is 81.4 Å². The van der Waals surface area contributed by atoms with Gasteiger partial charge in [0.05, 0.1) is 6.61 Å². The number of rotatable bonds is 5. The second kappa shape index (κ2) is 4.33. The zero-order chi connectivity index (χ0) is 11.6. The van der Waals surface area contributed by atoms with Crippen LogP contribution in [0.3, 0.4) is 0 Å². The predicted molar refractivity (Wildman–Crippen MR) is 46.4 cm³/mol. The highest BCUT2D eigenvalue weighted by molar-refractivity contribution is 5.64. The number of aliphatic hydroxyl groups excluding tert-OH is 3. The maximum absolute atomic E-state index is 10.4. The van der Waals surface area contributed by atoms with Crippen molar-refractivity contribution in [3.8, 4) is 0 Å². The molecule has 0 heterocycles. The molecule has 0 aliphatic heterocycles. The van der Waals surface area contributed by atoms with Gasteiger partial charge in [-0.3, -0.25) is 0 Å². The molecule has 0 aromatic rings. The topological polar surface area (TPSA) is 118 Å². The summed E-state index contributed by atoms with van der Waals surface area (Å²) in [6.45, 7) is 1.20. The second-order valence-electron chi connectivity index (χ2n) is 3.61. The van der Waals surface area contributed by atoms with E-state index in [1.165, 1.54) is 0 Å². The summed E-state index contributed by atoms with van der Waals surface area (Å²) < 4.78 is 0. The van der Waals surface area contributed by atoms with Crippen LogP contribution in [0.5, 0.6) is 0 Å². The molecule has 0 aromatic carbocycles. The van der Waals surface area contributed by atoms with E-state index in [2.05, 4.69) is 0 Å². The van der Waals surface area contributed by atoms with Crippen molar-refractivity contribution in [3.63, 3.8) is 0 Å². The summed E-state index contributed by atoms with van der Waals surface area (Å²) in [6, 6.07) is 0. The molecule has 0 fully saturated rings. The van der Waals surface area contributed by atoms with E-state index in [9.17, 15) is 20.1 Å². The second-order valence-corrected chi connectivity index (χ2v) is 3.61. The molecule has 4 atom stereocenters. The molecular weight excluding hydrogens is 192 g/mol. The minimum absolute atomic E-state index is 0.0559. The third kappa shape index (κ3) is 2.28. The first-order chi connectivity index (χ1) is 6.20. The molecule has 6 nitrogen and oxygen atoms in total. The van der Waals surface area contributed by atoms with Gasteiger partial charge in [0.15, 0.2) is 6.29 Å². The molecule has 14 heavy (non-hydrogen) atoms. The lowest BCUT2D eigenvalue weighted by Crippen LogP contribution is -2.62. The average Bonchev–Trinajstić information content (AvgIpc) is 2.14. The lowest BCUT2D eigenvalue weighted by atomic mass is 9.80. The third-order valence-corrected chi connectivity index (χ3v) is 2.38. The molecule has 0 radical (unpaired) electrons. The summed E-state index contributed by atoms with van der Waals surface area (Å²) in [5.74, 6) is 0. The number of hydrogen-bond donors (Lipinski definition) is 5. The van der Waals surface area contributed by atoms with Crippen LogP contribution in [0, 0.1) is 0 Å². The monoisotopic (exact) mass is 208 g/mol. The van der Waals surface area contributed by atoms with Crippen molar-refractivity contribution in [2.45, 2.75) is 37.3 Å². The first kappa shape index (κ1) is 13.5. The van der Waals surface area contributed by atoms with Crippen LogP contribution in [0.15, 0.2) is 0 Å². The standard InChI is InChI=1S/C8H16O6/c1-7(13,4-10)8(2,14)6(12)5(11)3-9/h4-6,9,11-14H,3H2,1-2H3/t5-,6-,7-,8+/m1/s1. The van der Waals surface area contributed by atoms with Gasteiger partial charge in [0.25, 0.3) is 0 Å². The zero-order valence-corrected chi connectivity index (χ0v) is 8.08. The van der Waals surface area contributed by atoms with E-state index in [1.807, 2.05) is 0 Å². The van der Waals surface area contributed by atoms with Gasteiger partial charge in [-0.05, 0) is 13.8 Å². The first-order valence-electron chi connectivity index (χ1n) is 4.08. The van der Waals surface area contributed by atoms with E-state index in [0.29, 0.717) is 0 Å². The first-order valence-corrected chi connectivity index (χ1v) is 4.08. The van der Waals surface area contributed by atoms with Crippen LogP contribution in [-0.4, -0.2) is 61.8 Å². The van der Waals surface area contributed by atoms with Gasteiger partial charge in [0.1, 0.15) is 23.4 Å². The van der Waals surface area contributed by atoms with Crippen LogP contribution in [0.4, 0.5) is 0 Å².